The molecule has 0 saturated heterocycles. The lowest BCUT2D eigenvalue weighted by Gasteiger charge is -2.31. The quantitative estimate of drug-likeness (QED) is 0.640. The van der Waals surface area contributed by atoms with E-state index in [-0.39, 0.29) is 10.8 Å². The SMILES string of the molecule is CN(C)c1ccc(C=CC2=CC(C(C)(C)C)=S(O[Cl+3]([O-])([O-])[O-])C(C(C)(C)C)=C2)cc1. The molecule has 2 rings (SSSR count). The highest BCUT2D eigenvalue weighted by molar-refractivity contribution is 8.15. The average Bonchev–Trinajstić information content (AvgIpc) is 2.57. The van der Waals surface area contributed by atoms with Gasteiger partial charge in [-0.1, -0.05) is 65.8 Å². The van der Waals surface area contributed by atoms with Crippen molar-refractivity contribution in [3.05, 3.63) is 58.5 Å². The Labute approximate surface area is 185 Å². The number of hydrogen-bond acceptors (Lipinski definition) is 5. The summed E-state index contributed by atoms with van der Waals surface area (Å²) in [5.41, 5.74) is 2.38. The third kappa shape index (κ3) is 6.80. The lowest BCUT2D eigenvalue weighted by molar-refractivity contribution is -1.91. The van der Waals surface area contributed by atoms with Gasteiger partial charge in [-0.25, -0.2) is 0 Å². The zero-order chi connectivity index (χ0) is 22.9. The van der Waals surface area contributed by atoms with Crippen LogP contribution in [-0.2, 0) is 3.74 Å². The van der Waals surface area contributed by atoms with Crippen LogP contribution >= 0.6 is 10.8 Å². The number of allylic oxidation sites excluding steroid dienone is 5. The summed E-state index contributed by atoms with van der Waals surface area (Å²) in [5.74, 6) is 0. The van der Waals surface area contributed by atoms with E-state index in [0.29, 0.717) is 0 Å². The Bertz CT molecular complexity index is 893. The Morgan fingerprint density at radius 2 is 1.43 bits per heavy atom. The molecule has 166 valence electrons. The molecule has 0 spiro atoms. The number of anilines is 1. The first-order valence-electron chi connectivity index (χ1n) is 9.70. The van der Waals surface area contributed by atoms with Gasteiger partial charge < -0.3 is 4.90 Å². The van der Waals surface area contributed by atoms with Crippen LogP contribution in [0.4, 0.5) is 5.69 Å². The third-order valence-electron chi connectivity index (χ3n) is 4.49. The Kier molecular flexibility index (Phi) is 7.45. The summed E-state index contributed by atoms with van der Waals surface area (Å²) in [7, 11) is -1.80. The molecule has 7 heteroatoms. The monoisotopic (exact) mass is 453 g/mol. The minimum Gasteiger partial charge on any atom is -0.378 e. The summed E-state index contributed by atoms with van der Waals surface area (Å²) >= 11 is 0. The standard InChI is InChI=1S/C23H32ClNO4S/c1-22(2,3)20-15-18(10-9-17-11-13-19(14-12-17)25(7)8)16-21(23(4,5)6)30(20)29-24(26,27)28/h9-16H,1-8H3. The van der Waals surface area contributed by atoms with Gasteiger partial charge in [0.05, 0.1) is 10.2 Å². The van der Waals surface area contributed by atoms with Crippen molar-refractivity contribution >= 4 is 27.4 Å². The molecule has 0 radical (unpaired) electrons. The van der Waals surface area contributed by atoms with Gasteiger partial charge in [-0.05, 0) is 46.3 Å². The second-order valence-electron chi connectivity index (χ2n) is 9.55. The smallest absolute Gasteiger partial charge is 0.141 e. The van der Waals surface area contributed by atoms with Gasteiger partial charge in [0.25, 0.3) is 0 Å². The molecule has 1 aromatic carbocycles. The molecule has 30 heavy (non-hydrogen) atoms. The minimum absolute atomic E-state index is 0.374. The molecule has 0 N–H and O–H groups in total. The highest BCUT2D eigenvalue weighted by Gasteiger charge is 2.38. The predicted octanol–water partition coefficient (Wildman–Crippen LogP) is 2.95. The molecule has 0 aromatic heterocycles. The van der Waals surface area contributed by atoms with Gasteiger partial charge in [0.1, 0.15) is 14.5 Å². The first kappa shape index (κ1) is 24.9. The summed E-state index contributed by atoms with van der Waals surface area (Å²) in [4.78, 5) is 3.61. The van der Waals surface area contributed by atoms with E-state index in [4.69, 9.17) is 3.74 Å². The van der Waals surface area contributed by atoms with E-state index in [0.717, 1.165) is 26.6 Å². The number of benzene rings is 1. The van der Waals surface area contributed by atoms with Crippen LogP contribution < -0.4 is 18.9 Å². The van der Waals surface area contributed by atoms with Crippen LogP contribution in [-0.4, -0.2) is 19.0 Å². The molecule has 1 unspecified atom stereocenters. The van der Waals surface area contributed by atoms with Crippen LogP contribution in [0, 0.1) is 21.1 Å². The predicted molar refractivity (Wildman–Crippen MR) is 119 cm³/mol. The number of nitrogens with zero attached hydrogens (tertiary/aromatic N) is 1. The number of rotatable bonds is 5. The molecule has 5 nitrogen and oxygen atoms in total. The van der Waals surface area contributed by atoms with Gasteiger partial charge in [-0.2, -0.15) is 14.0 Å². The van der Waals surface area contributed by atoms with E-state index in [9.17, 15) is 14.0 Å². The molecule has 1 aromatic rings. The summed E-state index contributed by atoms with van der Waals surface area (Å²) in [5, 5.41) is 0. The van der Waals surface area contributed by atoms with Gasteiger partial charge in [-0.15, -0.1) is 0 Å². The maximum atomic E-state index is 11.4. The normalized spacial score (nSPS) is 18.5. The van der Waals surface area contributed by atoms with Crippen molar-refractivity contribution in [2.24, 2.45) is 10.8 Å². The van der Waals surface area contributed by atoms with E-state index in [1.165, 1.54) is 0 Å². The molecule has 1 atom stereocenters. The van der Waals surface area contributed by atoms with Gasteiger partial charge in [0.2, 0.25) is 0 Å². The Balaban J connectivity index is 2.53. The van der Waals surface area contributed by atoms with Crippen LogP contribution in [0.15, 0.2) is 53.0 Å². The third-order valence-corrected chi connectivity index (χ3v) is 7.87. The molecule has 1 heterocycles. The van der Waals surface area contributed by atoms with E-state index >= 15 is 0 Å². The van der Waals surface area contributed by atoms with Crippen molar-refractivity contribution in [1.82, 2.24) is 0 Å². The molecule has 0 aliphatic carbocycles. The summed E-state index contributed by atoms with van der Waals surface area (Å²) in [6.07, 6.45) is 7.90. The van der Waals surface area contributed by atoms with Gasteiger partial charge in [0.15, 0.2) is 0 Å². The molecule has 0 saturated carbocycles. The van der Waals surface area contributed by atoms with Crippen molar-refractivity contribution in [3.63, 3.8) is 0 Å². The molecule has 1 aliphatic rings. The lowest BCUT2D eigenvalue weighted by atomic mass is 9.89. The molecule has 0 fully saturated rings. The van der Waals surface area contributed by atoms with Crippen molar-refractivity contribution in [2.75, 3.05) is 19.0 Å². The van der Waals surface area contributed by atoms with E-state index in [2.05, 4.69) is 24.3 Å². The first-order chi connectivity index (χ1) is 13.6. The van der Waals surface area contributed by atoms with Gasteiger partial charge in [0, 0.05) is 29.6 Å². The van der Waals surface area contributed by atoms with Crippen molar-refractivity contribution in [2.45, 2.75) is 41.5 Å². The minimum atomic E-state index is -4.54. The molecular weight excluding hydrogens is 422 g/mol. The molecule has 0 bridgehead atoms. The van der Waals surface area contributed by atoms with Crippen molar-refractivity contribution in [1.29, 1.82) is 0 Å². The van der Waals surface area contributed by atoms with Gasteiger partial charge in [-0.3, -0.25) is 0 Å². The zero-order valence-electron chi connectivity index (χ0n) is 19.0. The average molecular weight is 454 g/mol. The maximum absolute atomic E-state index is 11.4. The zero-order valence-corrected chi connectivity index (χ0v) is 20.6. The number of hydrogen-bond donors (Lipinski definition) is 0. The Morgan fingerprint density at radius 1 is 0.867 bits per heavy atom. The summed E-state index contributed by atoms with van der Waals surface area (Å²) in [6, 6.07) is 8.21. The van der Waals surface area contributed by atoms with Crippen LogP contribution in [0.5, 0.6) is 0 Å². The highest BCUT2D eigenvalue weighted by atomic mass is 35.7. The topological polar surface area (TPSA) is 81.7 Å². The first-order valence-corrected chi connectivity index (χ1v) is 12.1. The molecule has 1 aliphatic heterocycles. The van der Waals surface area contributed by atoms with E-state index in [1.807, 2.05) is 84.8 Å². The van der Waals surface area contributed by atoms with E-state index < -0.39 is 21.0 Å². The second kappa shape index (κ2) is 8.99. The summed E-state index contributed by atoms with van der Waals surface area (Å²) < 4.78 is 39.3. The summed E-state index contributed by atoms with van der Waals surface area (Å²) in [6.45, 7) is 11.9. The van der Waals surface area contributed by atoms with Crippen molar-refractivity contribution < 1.29 is 28.0 Å². The fraction of sp³-hybridized carbons (Fsp3) is 0.435. The van der Waals surface area contributed by atoms with Gasteiger partial charge >= 0.3 is 0 Å². The Hall–Kier alpha value is -1.41. The highest BCUT2D eigenvalue weighted by Crippen LogP contribution is 2.48. The number of halogens is 1. The fourth-order valence-electron chi connectivity index (χ4n) is 2.88. The lowest BCUT2D eigenvalue weighted by Crippen LogP contribution is -2.60. The van der Waals surface area contributed by atoms with Crippen LogP contribution in [0.1, 0.15) is 47.1 Å². The van der Waals surface area contributed by atoms with E-state index in [1.54, 1.807) is 0 Å². The maximum Gasteiger partial charge on any atom is 0.141 e. The van der Waals surface area contributed by atoms with Crippen LogP contribution in [0.3, 0.4) is 0 Å². The van der Waals surface area contributed by atoms with Crippen LogP contribution in [0.25, 0.3) is 6.08 Å². The van der Waals surface area contributed by atoms with Crippen LogP contribution in [0.2, 0.25) is 0 Å². The second-order valence-corrected chi connectivity index (χ2v) is 12.2. The molecule has 0 amide bonds. The molecular formula is C23H32ClNO4S. The Morgan fingerprint density at radius 3 is 1.87 bits per heavy atom. The fourth-order valence-corrected chi connectivity index (χ4v) is 5.87. The van der Waals surface area contributed by atoms with Crippen molar-refractivity contribution in [3.8, 4) is 0 Å². The largest absolute Gasteiger partial charge is 0.378 e.